The van der Waals surface area contributed by atoms with E-state index in [0.717, 1.165) is 16.7 Å². The molecule has 3 rings (SSSR count). The van der Waals surface area contributed by atoms with Gasteiger partial charge < -0.3 is 10.1 Å². The highest BCUT2D eigenvalue weighted by Crippen LogP contribution is 2.29. The molecule has 1 amide bonds. The predicted octanol–water partition coefficient (Wildman–Crippen LogP) is 4.11. The molecule has 0 saturated heterocycles. The Morgan fingerprint density at radius 1 is 0.793 bits per heavy atom. The average molecular weight is 387 g/mol. The summed E-state index contributed by atoms with van der Waals surface area (Å²) in [5.74, 6) is -0.984. The van der Waals surface area contributed by atoms with E-state index in [4.69, 9.17) is 4.74 Å². The SMILES string of the molecule is COC(=O)[C@@H](NC(=O)CCc1ccccc1)C(c1ccccc1)c1ccccc1. The van der Waals surface area contributed by atoms with Gasteiger partial charge in [0.2, 0.25) is 5.91 Å². The first-order valence-electron chi connectivity index (χ1n) is 9.70. The number of aryl methyl sites for hydroxylation is 1. The number of esters is 1. The Balaban J connectivity index is 1.84. The number of nitrogens with one attached hydrogen (secondary N) is 1. The fraction of sp³-hybridized carbons (Fsp3) is 0.200. The van der Waals surface area contributed by atoms with Gasteiger partial charge in [-0.2, -0.15) is 0 Å². The first kappa shape index (κ1) is 20.3. The van der Waals surface area contributed by atoms with Crippen LogP contribution in [-0.2, 0) is 20.7 Å². The van der Waals surface area contributed by atoms with Crippen molar-refractivity contribution in [3.05, 3.63) is 108 Å². The van der Waals surface area contributed by atoms with Crippen LogP contribution in [-0.4, -0.2) is 25.0 Å². The molecule has 3 aromatic rings. The molecular formula is C25H25NO3. The number of hydrogen-bond acceptors (Lipinski definition) is 3. The quantitative estimate of drug-likeness (QED) is 0.592. The van der Waals surface area contributed by atoms with E-state index in [0.29, 0.717) is 12.8 Å². The van der Waals surface area contributed by atoms with Gasteiger partial charge in [-0.25, -0.2) is 4.79 Å². The molecule has 0 radical (unpaired) electrons. The standard InChI is InChI=1S/C25H25NO3/c1-29-25(28)24(26-22(27)18-17-19-11-5-2-6-12-19)23(20-13-7-3-8-14-20)21-15-9-4-10-16-21/h2-16,23-24H,17-18H2,1H3,(H,26,27)/t24-/m0/s1. The van der Waals surface area contributed by atoms with Gasteiger partial charge in [0.05, 0.1) is 7.11 Å². The summed E-state index contributed by atoms with van der Waals surface area (Å²) >= 11 is 0. The van der Waals surface area contributed by atoms with E-state index in [1.54, 1.807) is 0 Å². The van der Waals surface area contributed by atoms with Gasteiger partial charge in [0.15, 0.2) is 0 Å². The van der Waals surface area contributed by atoms with Crippen LogP contribution in [0.5, 0.6) is 0 Å². The molecule has 0 aromatic heterocycles. The van der Waals surface area contributed by atoms with Crippen LogP contribution in [0.15, 0.2) is 91.0 Å². The molecule has 0 aliphatic rings. The van der Waals surface area contributed by atoms with E-state index in [1.807, 2.05) is 91.0 Å². The Labute approximate surface area is 171 Å². The molecule has 0 aliphatic heterocycles. The smallest absolute Gasteiger partial charge is 0.329 e. The number of hydrogen-bond donors (Lipinski definition) is 1. The fourth-order valence-corrected chi connectivity index (χ4v) is 3.45. The van der Waals surface area contributed by atoms with E-state index in [9.17, 15) is 9.59 Å². The van der Waals surface area contributed by atoms with Gasteiger partial charge in [0.1, 0.15) is 6.04 Å². The molecule has 0 bridgehead atoms. The summed E-state index contributed by atoms with van der Waals surface area (Å²) < 4.78 is 5.05. The van der Waals surface area contributed by atoms with Crippen molar-refractivity contribution in [1.82, 2.24) is 5.32 Å². The van der Waals surface area contributed by atoms with Crippen molar-refractivity contribution < 1.29 is 14.3 Å². The van der Waals surface area contributed by atoms with Crippen molar-refractivity contribution in [3.8, 4) is 0 Å². The van der Waals surface area contributed by atoms with Gasteiger partial charge in [-0.1, -0.05) is 91.0 Å². The zero-order chi connectivity index (χ0) is 20.5. The van der Waals surface area contributed by atoms with Crippen molar-refractivity contribution in [1.29, 1.82) is 0 Å². The molecule has 4 heteroatoms. The van der Waals surface area contributed by atoms with Crippen molar-refractivity contribution in [2.45, 2.75) is 24.8 Å². The number of carbonyl (C=O) groups excluding carboxylic acids is 2. The first-order chi connectivity index (χ1) is 14.2. The Hall–Kier alpha value is -3.40. The molecule has 4 nitrogen and oxygen atoms in total. The zero-order valence-corrected chi connectivity index (χ0v) is 16.5. The number of methoxy groups -OCH3 is 1. The lowest BCUT2D eigenvalue weighted by Gasteiger charge is -2.27. The highest BCUT2D eigenvalue weighted by molar-refractivity contribution is 5.86. The number of ether oxygens (including phenoxy) is 1. The summed E-state index contributed by atoms with van der Waals surface area (Å²) in [6.07, 6.45) is 0.912. The lowest BCUT2D eigenvalue weighted by Crippen LogP contribution is -2.46. The van der Waals surface area contributed by atoms with Crippen LogP contribution in [0.3, 0.4) is 0 Å². The lowest BCUT2D eigenvalue weighted by molar-refractivity contribution is -0.145. The van der Waals surface area contributed by atoms with E-state index >= 15 is 0 Å². The third-order valence-electron chi connectivity index (χ3n) is 4.91. The fourth-order valence-electron chi connectivity index (χ4n) is 3.45. The topological polar surface area (TPSA) is 55.4 Å². The maximum absolute atomic E-state index is 12.7. The van der Waals surface area contributed by atoms with Crippen LogP contribution in [0.4, 0.5) is 0 Å². The summed E-state index contributed by atoms with van der Waals surface area (Å²) in [5.41, 5.74) is 2.97. The first-order valence-corrected chi connectivity index (χ1v) is 9.70. The van der Waals surface area contributed by atoms with E-state index in [2.05, 4.69) is 5.32 Å². The van der Waals surface area contributed by atoms with E-state index in [1.165, 1.54) is 7.11 Å². The van der Waals surface area contributed by atoms with Crippen LogP contribution < -0.4 is 5.32 Å². The Kier molecular flexibility index (Phi) is 7.17. The third-order valence-corrected chi connectivity index (χ3v) is 4.91. The Morgan fingerprint density at radius 2 is 1.28 bits per heavy atom. The summed E-state index contributed by atoms with van der Waals surface area (Å²) in [7, 11) is 1.35. The number of amides is 1. The largest absolute Gasteiger partial charge is 0.467 e. The van der Waals surface area contributed by atoms with E-state index < -0.39 is 12.0 Å². The molecule has 148 valence electrons. The van der Waals surface area contributed by atoms with Gasteiger partial charge in [-0.15, -0.1) is 0 Å². The molecule has 1 atom stereocenters. The Bertz CT molecular complexity index is 871. The minimum absolute atomic E-state index is 0.180. The second kappa shape index (κ2) is 10.2. The molecule has 0 fully saturated rings. The van der Waals surface area contributed by atoms with Crippen molar-refractivity contribution in [2.75, 3.05) is 7.11 Å². The molecule has 3 aromatic carbocycles. The number of rotatable bonds is 8. The molecule has 0 saturated carbocycles. The van der Waals surface area contributed by atoms with Gasteiger partial charge in [0, 0.05) is 12.3 Å². The van der Waals surface area contributed by atoms with Crippen LogP contribution in [0.2, 0.25) is 0 Å². The van der Waals surface area contributed by atoms with Crippen LogP contribution >= 0.6 is 0 Å². The highest BCUT2D eigenvalue weighted by Gasteiger charge is 2.33. The van der Waals surface area contributed by atoms with Crippen molar-refractivity contribution >= 4 is 11.9 Å². The average Bonchev–Trinajstić information content (AvgIpc) is 2.79. The van der Waals surface area contributed by atoms with Crippen LogP contribution in [0.25, 0.3) is 0 Å². The summed E-state index contributed by atoms with van der Waals surface area (Å²) in [6, 6.07) is 28.4. The highest BCUT2D eigenvalue weighted by atomic mass is 16.5. The molecule has 0 heterocycles. The normalized spacial score (nSPS) is 11.7. The van der Waals surface area contributed by atoms with Crippen LogP contribution in [0, 0.1) is 0 Å². The minimum atomic E-state index is -0.812. The molecular weight excluding hydrogens is 362 g/mol. The third kappa shape index (κ3) is 5.55. The van der Waals surface area contributed by atoms with Gasteiger partial charge >= 0.3 is 5.97 Å². The lowest BCUT2D eigenvalue weighted by atomic mass is 9.85. The number of carbonyl (C=O) groups is 2. The molecule has 0 aliphatic carbocycles. The molecule has 0 spiro atoms. The monoisotopic (exact) mass is 387 g/mol. The maximum Gasteiger partial charge on any atom is 0.329 e. The van der Waals surface area contributed by atoms with E-state index in [-0.39, 0.29) is 11.8 Å². The zero-order valence-electron chi connectivity index (χ0n) is 16.5. The van der Waals surface area contributed by atoms with Gasteiger partial charge in [-0.05, 0) is 23.1 Å². The summed E-state index contributed by atoms with van der Waals surface area (Å²) in [6.45, 7) is 0. The summed E-state index contributed by atoms with van der Waals surface area (Å²) in [5, 5.41) is 2.92. The Morgan fingerprint density at radius 3 is 1.76 bits per heavy atom. The second-order valence-corrected chi connectivity index (χ2v) is 6.85. The molecule has 0 unspecified atom stereocenters. The second-order valence-electron chi connectivity index (χ2n) is 6.85. The predicted molar refractivity (Wildman–Crippen MR) is 113 cm³/mol. The minimum Gasteiger partial charge on any atom is -0.467 e. The molecule has 1 N–H and O–H groups in total. The van der Waals surface area contributed by atoms with Crippen molar-refractivity contribution in [2.24, 2.45) is 0 Å². The maximum atomic E-state index is 12.7. The molecule has 29 heavy (non-hydrogen) atoms. The van der Waals surface area contributed by atoms with Crippen LogP contribution in [0.1, 0.15) is 29.0 Å². The van der Waals surface area contributed by atoms with Gasteiger partial charge in [0.25, 0.3) is 0 Å². The van der Waals surface area contributed by atoms with Crippen molar-refractivity contribution in [3.63, 3.8) is 0 Å². The summed E-state index contributed by atoms with van der Waals surface area (Å²) in [4.78, 5) is 25.4. The van der Waals surface area contributed by atoms with Gasteiger partial charge in [-0.3, -0.25) is 4.79 Å². The number of benzene rings is 3.